The van der Waals surface area contributed by atoms with Gasteiger partial charge < -0.3 is 43.1 Å². The van der Waals surface area contributed by atoms with Crippen LogP contribution in [0.4, 0.5) is 17.1 Å². The van der Waals surface area contributed by atoms with Gasteiger partial charge in [-0.1, -0.05) is 0 Å². The minimum absolute atomic E-state index is 0.0437. The summed E-state index contributed by atoms with van der Waals surface area (Å²) in [5.74, 6) is 2.08. The highest BCUT2D eigenvalue weighted by molar-refractivity contribution is 6.04. The first-order valence-electron chi connectivity index (χ1n) is 16.8. The topological polar surface area (TPSA) is 120 Å². The summed E-state index contributed by atoms with van der Waals surface area (Å²) in [5, 5.41) is 0. The summed E-state index contributed by atoms with van der Waals surface area (Å²) < 4.78 is 37.1. The molecule has 0 saturated carbocycles. The van der Waals surface area contributed by atoms with Crippen molar-refractivity contribution in [3.05, 3.63) is 53.1 Å². The molecule has 13 heteroatoms. The van der Waals surface area contributed by atoms with Gasteiger partial charge in [0.2, 0.25) is 18.6 Å². The van der Waals surface area contributed by atoms with Crippen LogP contribution in [0, 0.1) is 0 Å². The van der Waals surface area contributed by atoms with Crippen molar-refractivity contribution >= 4 is 34.7 Å². The molecule has 1 saturated heterocycles. The smallest absolute Gasteiger partial charge is 0.230 e. The number of carbonyl (C=O) groups excluding carboxylic acids is 3. The molecule has 5 rings (SSSR count). The first-order chi connectivity index (χ1) is 24.4. The number of carbonyl (C=O) groups is 3. The van der Waals surface area contributed by atoms with Crippen LogP contribution in [0.3, 0.4) is 0 Å². The average molecular weight is 705 g/mol. The lowest BCUT2D eigenvalue weighted by molar-refractivity contribution is -0.141. The monoisotopic (exact) mass is 704 g/mol. The van der Waals surface area contributed by atoms with Crippen LogP contribution in [-0.2, 0) is 14.4 Å². The van der Waals surface area contributed by atoms with E-state index in [-0.39, 0.29) is 50.2 Å². The molecule has 0 aliphatic carbocycles. The summed E-state index contributed by atoms with van der Waals surface area (Å²) in [6.45, 7) is 0.310. The van der Waals surface area contributed by atoms with Gasteiger partial charge in [-0.15, -0.1) is 0 Å². The summed E-state index contributed by atoms with van der Waals surface area (Å²) in [6.07, 6.45) is 1.08. The first-order valence-corrected chi connectivity index (χ1v) is 16.8. The minimum Gasteiger partial charge on any atom is -0.496 e. The maximum Gasteiger partial charge on any atom is 0.230 e. The van der Waals surface area contributed by atoms with E-state index in [1.165, 1.54) is 0 Å². The summed E-state index contributed by atoms with van der Waals surface area (Å²) in [6, 6.07) is 11.7. The highest BCUT2D eigenvalue weighted by atomic mass is 16.7. The van der Waals surface area contributed by atoms with Crippen molar-refractivity contribution in [2.75, 3.05) is 98.3 Å². The zero-order chi connectivity index (χ0) is 37.0. The quantitative estimate of drug-likeness (QED) is 0.217. The summed E-state index contributed by atoms with van der Waals surface area (Å²) in [5.41, 5.74) is 4.76. The Morgan fingerprint density at radius 3 is 1.55 bits per heavy atom. The summed E-state index contributed by atoms with van der Waals surface area (Å²) in [4.78, 5) is 43.6. The van der Waals surface area contributed by atoms with Gasteiger partial charge in [-0.25, -0.2) is 0 Å². The van der Waals surface area contributed by atoms with Crippen LogP contribution in [-0.4, -0.2) is 106 Å². The van der Waals surface area contributed by atoms with Crippen molar-refractivity contribution in [1.29, 1.82) is 0 Å². The van der Waals surface area contributed by atoms with Crippen LogP contribution in [0.1, 0.15) is 48.3 Å². The van der Waals surface area contributed by atoms with Crippen LogP contribution in [0.2, 0.25) is 0 Å². The van der Waals surface area contributed by atoms with Gasteiger partial charge in [-0.2, -0.15) is 0 Å². The maximum absolute atomic E-state index is 12.7. The molecule has 0 aromatic heterocycles. The molecule has 1 fully saturated rings. The van der Waals surface area contributed by atoms with Gasteiger partial charge in [-0.05, 0) is 6.42 Å². The second-order valence-corrected chi connectivity index (χ2v) is 12.9. The number of rotatable bonds is 14. The Balaban J connectivity index is 1.60. The largest absolute Gasteiger partial charge is 0.496 e. The fourth-order valence-electron chi connectivity index (χ4n) is 6.55. The number of anilines is 3. The van der Waals surface area contributed by atoms with E-state index in [1.54, 1.807) is 28.4 Å². The van der Waals surface area contributed by atoms with Crippen LogP contribution < -0.4 is 43.1 Å². The van der Waals surface area contributed by atoms with Crippen molar-refractivity contribution in [2.45, 2.75) is 31.6 Å². The molecular formula is C38H48N4O9. The van der Waals surface area contributed by atoms with Gasteiger partial charge in [0.25, 0.3) is 0 Å². The van der Waals surface area contributed by atoms with Crippen molar-refractivity contribution in [1.82, 2.24) is 4.90 Å². The third-order valence-electron chi connectivity index (χ3n) is 9.35. The third kappa shape index (κ3) is 7.57. The van der Waals surface area contributed by atoms with E-state index in [4.69, 9.17) is 28.4 Å². The lowest BCUT2D eigenvalue weighted by Crippen LogP contribution is -2.34. The number of imide groups is 1. The Morgan fingerprint density at radius 1 is 0.686 bits per heavy atom. The molecule has 2 amide bonds. The normalized spacial score (nSPS) is 14.0. The van der Waals surface area contributed by atoms with Crippen LogP contribution in [0.15, 0.2) is 36.4 Å². The zero-order valence-corrected chi connectivity index (χ0v) is 31.0. The second-order valence-electron chi connectivity index (χ2n) is 12.9. The molecule has 2 aliphatic rings. The molecular weight excluding hydrogens is 656 g/mol. The average Bonchev–Trinajstić information content (AvgIpc) is 3.42. The van der Waals surface area contributed by atoms with E-state index >= 15 is 0 Å². The number of hydrogen-bond acceptors (Lipinski definition) is 12. The maximum atomic E-state index is 12.7. The Bertz CT molecular complexity index is 1680. The van der Waals surface area contributed by atoms with Crippen molar-refractivity contribution in [2.24, 2.45) is 0 Å². The van der Waals surface area contributed by atoms with Gasteiger partial charge >= 0.3 is 0 Å². The van der Waals surface area contributed by atoms with Gasteiger partial charge in [0.05, 0.1) is 40.9 Å². The number of fused-ring (bicyclic) bond motifs is 2. The Morgan fingerprint density at radius 2 is 1.12 bits per heavy atom. The number of Topliss-reactive ketones (excluding diaryl/α,β-unsaturated/α-hetero) is 1. The van der Waals surface area contributed by atoms with Crippen molar-refractivity contribution < 1.29 is 42.8 Å². The Labute approximate surface area is 299 Å². The number of benzene rings is 3. The molecule has 274 valence electrons. The molecule has 0 unspecified atom stereocenters. The summed E-state index contributed by atoms with van der Waals surface area (Å²) in [7, 11) is 16.2. The molecule has 2 heterocycles. The fourth-order valence-corrected chi connectivity index (χ4v) is 6.55. The summed E-state index contributed by atoms with van der Waals surface area (Å²) >= 11 is 0. The molecule has 51 heavy (non-hydrogen) atoms. The van der Waals surface area contributed by atoms with Crippen LogP contribution in [0.5, 0.6) is 34.5 Å². The Hall–Kier alpha value is -5.33. The number of hydrogen-bond donors (Lipinski definition) is 0. The predicted octanol–water partition coefficient (Wildman–Crippen LogP) is 4.70. The van der Waals surface area contributed by atoms with E-state index in [0.717, 1.165) is 33.1 Å². The third-order valence-corrected chi connectivity index (χ3v) is 9.35. The van der Waals surface area contributed by atoms with Crippen molar-refractivity contribution in [3.8, 4) is 34.5 Å². The fraction of sp³-hybridized carbons (Fsp3) is 0.447. The molecule has 13 nitrogen and oxygen atoms in total. The number of likely N-dealkylation sites (tertiary alicyclic amines) is 1. The van der Waals surface area contributed by atoms with Crippen molar-refractivity contribution in [3.63, 3.8) is 0 Å². The van der Waals surface area contributed by atoms with Gasteiger partial charge in [-0.3, -0.25) is 19.3 Å². The lowest BCUT2D eigenvalue weighted by Gasteiger charge is -2.33. The van der Waals surface area contributed by atoms with Crippen LogP contribution >= 0.6 is 0 Å². The second kappa shape index (κ2) is 15.7. The first kappa shape index (κ1) is 36.9. The SMILES string of the molecule is COc1cc(N(C)CCCC(=O)CN2C(=O)CCC2=O)cc(OC)c1C1c2c(OC)cc(N(C)C)cc2OCOc2cc(N(C)C)cc(OC)c21. The molecule has 2 aliphatic heterocycles. The number of ether oxygens (including phenoxy) is 6. The van der Waals surface area contributed by atoms with Gasteiger partial charge in [0.1, 0.15) is 34.5 Å². The van der Waals surface area contributed by atoms with E-state index in [2.05, 4.69) is 0 Å². The van der Waals surface area contributed by atoms with E-state index in [0.29, 0.717) is 53.0 Å². The zero-order valence-electron chi connectivity index (χ0n) is 31.0. The molecule has 0 spiro atoms. The minimum atomic E-state index is -0.606. The molecule has 0 bridgehead atoms. The van der Waals surface area contributed by atoms with Gasteiger partial charge in [0, 0.05) is 131 Å². The number of methoxy groups -OCH3 is 4. The lowest BCUT2D eigenvalue weighted by atomic mass is 9.81. The molecule has 0 radical (unpaired) electrons. The van der Waals surface area contributed by atoms with Crippen LogP contribution in [0.25, 0.3) is 0 Å². The highest BCUT2D eigenvalue weighted by Crippen LogP contribution is 2.56. The number of nitrogens with zero attached hydrogens (tertiary/aromatic N) is 4. The number of ketones is 1. The highest BCUT2D eigenvalue weighted by Gasteiger charge is 2.37. The predicted molar refractivity (Wildman–Crippen MR) is 195 cm³/mol. The van der Waals surface area contributed by atoms with Gasteiger partial charge in [0.15, 0.2) is 5.78 Å². The molecule has 3 aromatic rings. The van der Waals surface area contributed by atoms with E-state index < -0.39 is 5.92 Å². The van der Waals surface area contributed by atoms with E-state index in [9.17, 15) is 14.4 Å². The molecule has 3 aromatic carbocycles. The standard InChI is InChI=1S/C38H48N4O9/c1-39(2)23-15-27(46-6)36-31(17-23)50-22-51-32-18-24(40(3)4)16-28(47-7)37(32)38(36)35-29(48-8)19-25(20-30(35)49-9)41(5)14-10-11-26(43)21-42-33(44)12-13-34(42)45/h15-20,38H,10-14,21-22H2,1-9H3. The van der Waals surface area contributed by atoms with E-state index in [1.807, 2.05) is 86.3 Å². The Kier molecular flexibility index (Phi) is 11.4. The molecule has 0 N–H and O–H groups in total. The number of amides is 2. The molecule has 0 atom stereocenters.